The number of nitrogens with zero attached hydrogens (tertiary/aromatic N) is 5. The maximum atomic E-state index is 6.24. The van der Waals surface area contributed by atoms with Gasteiger partial charge in [0.1, 0.15) is 29.8 Å². The summed E-state index contributed by atoms with van der Waals surface area (Å²) in [6.07, 6.45) is 6.13. The van der Waals surface area contributed by atoms with Crippen LogP contribution in [0.3, 0.4) is 0 Å². The summed E-state index contributed by atoms with van der Waals surface area (Å²) >= 11 is 0. The number of anilines is 1. The Balaban J connectivity index is 1.35. The first-order valence-electron chi connectivity index (χ1n) is 14.2. The normalized spacial score (nSPS) is 17.3. The number of aromatic amines is 1. The zero-order valence-electron chi connectivity index (χ0n) is 23.8. The number of benzene rings is 1. The highest BCUT2D eigenvalue weighted by Crippen LogP contribution is 2.39. The summed E-state index contributed by atoms with van der Waals surface area (Å²) in [5, 5.41) is 3.59. The van der Waals surface area contributed by atoms with Crippen molar-refractivity contribution in [2.45, 2.75) is 79.4 Å². The lowest BCUT2D eigenvalue weighted by molar-refractivity contribution is 0.310. The Labute approximate surface area is 230 Å². The van der Waals surface area contributed by atoms with E-state index >= 15 is 0 Å². The molecule has 1 aromatic carbocycles. The molecule has 204 valence electrons. The van der Waals surface area contributed by atoms with Crippen molar-refractivity contribution >= 4 is 17.0 Å². The Morgan fingerprint density at radius 1 is 1.15 bits per heavy atom. The van der Waals surface area contributed by atoms with Crippen LogP contribution < -0.4 is 15.0 Å². The number of aryl methyl sites for hydroxylation is 2. The summed E-state index contributed by atoms with van der Waals surface area (Å²) in [7, 11) is 0. The number of hydrogen-bond acceptors (Lipinski definition) is 7. The second-order valence-corrected chi connectivity index (χ2v) is 11.9. The van der Waals surface area contributed by atoms with Gasteiger partial charge < -0.3 is 19.9 Å². The topological polar surface area (TPSA) is 91.9 Å². The Hall–Kier alpha value is -3.52. The van der Waals surface area contributed by atoms with Gasteiger partial charge in [-0.2, -0.15) is 0 Å². The fraction of sp³-hybridized carbons (Fsp3) is 0.484. The molecule has 8 nitrogen and oxygen atoms in total. The van der Waals surface area contributed by atoms with E-state index < -0.39 is 0 Å². The third-order valence-corrected chi connectivity index (χ3v) is 8.16. The van der Waals surface area contributed by atoms with Crippen molar-refractivity contribution < 1.29 is 4.74 Å². The maximum absolute atomic E-state index is 6.24. The number of rotatable bonds is 6. The second-order valence-electron chi connectivity index (χ2n) is 11.9. The first-order valence-corrected chi connectivity index (χ1v) is 14.2. The number of imidazole rings is 1. The van der Waals surface area contributed by atoms with E-state index in [-0.39, 0.29) is 5.41 Å². The monoisotopic (exact) mass is 525 g/mol. The summed E-state index contributed by atoms with van der Waals surface area (Å²) < 4.78 is 6.24. The average molecular weight is 526 g/mol. The summed E-state index contributed by atoms with van der Waals surface area (Å²) in [5.41, 5.74) is 7.80. The third-order valence-electron chi connectivity index (χ3n) is 8.16. The zero-order chi connectivity index (χ0) is 27.1. The smallest absolute Gasteiger partial charge is 0.177 e. The first-order chi connectivity index (χ1) is 18.8. The van der Waals surface area contributed by atoms with Crippen molar-refractivity contribution in [3.8, 4) is 16.9 Å². The Bertz CT molecular complexity index is 1510. The number of pyridine rings is 1. The van der Waals surface area contributed by atoms with Crippen LogP contribution in [-0.2, 0) is 25.9 Å². The molecular weight excluding hydrogens is 486 g/mol. The lowest BCUT2D eigenvalue weighted by atomic mass is 9.76. The maximum Gasteiger partial charge on any atom is 0.177 e. The Morgan fingerprint density at radius 3 is 2.87 bits per heavy atom. The molecule has 0 bridgehead atoms. The Morgan fingerprint density at radius 2 is 2.03 bits per heavy atom. The van der Waals surface area contributed by atoms with Gasteiger partial charge in [0.05, 0.1) is 18.6 Å². The van der Waals surface area contributed by atoms with Crippen molar-refractivity contribution in [2.75, 3.05) is 18.1 Å². The van der Waals surface area contributed by atoms with Crippen LogP contribution in [0.1, 0.15) is 69.0 Å². The van der Waals surface area contributed by atoms with Crippen LogP contribution in [0.5, 0.6) is 5.75 Å². The van der Waals surface area contributed by atoms with Crippen LogP contribution >= 0.6 is 0 Å². The standard InChI is InChI=1S/C31H39N7O/c1-6-19(2)32-17-28-36-25-9-10-31(4,5)15-24(25)30(37-28)38-11-12-39-27-8-7-21(13-23(27)18-38)22-14-26-29(33-16-22)35-20(3)34-26/h7-8,13-14,16,19,32H,6,9-12,15,17-18H2,1-5H3,(H,33,34,35). The third kappa shape index (κ3) is 5.35. The molecule has 2 N–H and O–H groups in total. The van der Waals surface area contributed by atoms with Gasteiger partial charge in [0.15, 0.2) is 5.65 Å². The van der Waals surface area contributed by atoms with E-state index in [2.05, 4.69) is 77.1 Å². The number of fused-ring (bicyclic) bond motifs is 3. The fourth-order valence-electron chi connectivity index (χ4n) is 5.66. The molecule has 0 spiro atoms. The highest BCUT2D eigenvalue weighted by Gasteiger charge is 2.31. The molecular formula is C31H39N7O. The molecule has 2 aliphatic rings. The SMILES string of the molecule is CCC(C)NCc1nc2c(c(N3CCOc4ccc(-c5cnc6nc(C)[nH]c6c5)cc4C3)n1)CC(C)(C)CC2. The predicted octanol–water partition coefficient (Wildman–Crippen LogP) is 5.53. The molecule has 1 aliphatic heterocycles. The number of hydrogen-bond donors (Lipinski definition) is 2. The van der Waals surface area contributed by atoms with Crippen molar-refractivity contribution in [3.63, 3.8) is 0 Å². The number of nitrogens with one attached hydrogen (secondary N) is 2. The fourth-order valence-corrected chi connectivity index (χ4v) is 5.66. The predicted molar refractivity (Wildman–Crippen MR) is 155 cm³/mol. The lowest BCUT2D eigenvalue weighted by Crippen LogP contribution is -2.33. The van der Waals surface area contributed by atoms with Crippen molar-refractivity contribution in [2.24, 2.45) is 5.41 Å². The van der Waals surface area contributed by atoms with Gasteiger partial charge in [0.25, 0.3) is 0 Å². The summed E-state index contributed by atoms with van der Waals surface area (Å²) in [6.45, 7) is 13.9. The largest absolute Gasteiger partial charge is 0.491 e. The molecule has 3 aromatic heterocycles. The van der Waals surface area contributed by atoms with Gasteiger partial charge in [0, 0.05) is 41.2 Å². The van der Waals surface area contributed by atoms with Crippen LogP contribution in [0, 0.1) is 12.3 Å². The molecule has 0 fully saturated rings. The van der Waals surface area contributed by atoms with Gasteiger partial charge in [-0.05, 0) is 68.7 Å². The second kappa shape index (κ2) is 10.2. The van der Waals surface area contributed by atoms with E-state index in [0.717, 1.165) is 89.8 Å². The number of H-pyrrole nitrogens is 1. The van der Waals surface area contributed by atoms with Crippen LogP contribution in [0.4, 0.5) is 5.82 Å². The van der Waals surface area contributed by atoms with Crippen molar-refractivity contribution in [3.05, 3.63) is 58.9 Å². The van der Waals surface area contributed by atoms with E-state index in [0.29, 0.717) is 19.2 Å². The van der Waals surface area contributed by atoms with E-state index in [4.69, 9.17) is 14.7 Å². The molecule has 8 heteroatoms. The van der Waals surface area contributed by atoms with Gasteiger partial charge in [-0.3, -0.25) is 0 Å². The minimum atomic E-state index is 0.242. The molecule has 6 rings (SSSR count). The number of aromatic nitrogens is 5. The minimum Gasteiger partial charge on any atom is -0.491 e. The van der Waals surface area contributed by atoms with Gasteiger partial charge in [0.2, 0.25) is 0 Å². The summed E-state index contributed by atoms with van der Waals surface area (Å²) in [5.74, 6) is 3.77. The van der Waals surface area contributed by atoms with Crippen LogP contribution in [0.2, 0.25) is 0 Å². The first kappa shape index (κ1) is 25.7. The molecule has 0 radical (unpaired) electrons. The van der Waals surface area contributed by atoms with Gasteiger partial charge in [-0.15, -0.1) is 0 Å². The molecule has 4 heterocycles. The minimum absolute atomic E-state index is 0.242. The van der Waals surface area contributed by atoms with Gasteiger partial charge >= 0.3 is 0 Å². The molecule has 4 aromatic rings. The Kier molecular flexibility index (Phi) is 6.75. The number of ether oxygens (including phenoxy) is 1. The van der Waals surface area contributed by atoms with Crippen LogP contribution in [0.15, 0.2) is 30.5 Å². The van der Waals surface area contributed by atoms with Crippen molar-refractivity contribution in [1.82, 2.24) is 30.2 Å². The molecule has 0 amide bonds. The quantitative estimate of drug-likeness (QED) is 0.342. The van der Waals surface area contributed by atoms with E-state index in [1.807, 2.05) is 13.1 Å². The summed E-state index contributed by atoms with van der Waals surface area (Å²) in [6, 6.07) is 9.01. The highest BCUT2D eigenvalue weighted by atomic mass is 16.5. The van der Waals surface area contributed by atoms with E-state index in [1.54, 1.807) is 0 Å². The lowest BCUT2D eigenvalue weighted by Gasteiger charge is -2.34. The molecule has 0 saturated carbocycles. The molecule has 1 atom stereocenters. The molecule has 39 heavy (non-hydrogen) atoms. The molecule has 1 unspecified atom stereocenters. The average Bonchev–Trinajstić information content (AvgIpc) is 3.16. The van der Waals surface area contributed by atoms with E-state index in [9.17, 15) is 0 Å². The van der Waals surface area contributed by atoms with Crippen LogP contribution in [0.25, 0.3) is 22.3 Å². The van der Waals surface area contributed by atoms with Crippen LogP contribution in [-0.4, -0.2) is 44.1 Å². The van der Waals surface area contributed by atoms with Crippen molar-refractivity contribution in [1.29, 1.82) is 0 Å². The molecule has 0 saturated heterocycles. The van der Waals surface area contributed by atoms with Gasteiger partial charge in [-0.25, -0.2) is 19.9 Å². The van der Waals surface area contributed by atoms with Gasteiger partial charge in [-0.1, -0.05) is 26.8 Å². The zero-order valence-corrected chi connectivity index (χ0v) is 23.8. The van der Waals surface area contributed by atoms with E-state index in [1.165, 1.54) is 11.3 Å². The highest BCUT2D eigenvalue weighted by molar-refractivity contribution is 5.78. The summed E-state index contributed by atoms with van der Waals surface area (Å²) in [4.78, 5) is 25.0. The molecule has 1 aliphatic carbocycles.